The maximum atomic E-state index is 11.9. The lowest BCUT2D eigenvalue weighted by Gasteiger charge is -2.12. The number of anilines is 3. The fraction of sp³-hybridized carbons (Fsp3) is 0.190. The van der Waals surface area contributed by atoms with Gasteiger partial charge in [-0.3, -0.25) is 14.9 Å². The summed E-state index contributed by atoms with van der Waals surface area (Å²) in [5, 5.41) is 22.7. The number of para-hydroxylation sites is 1. The number of amides is 2. The average Bonchev–Trinajstić information content (AvgIpc) is 3.37. The van der Waals surface area contributed by atoms with Crippen molar-refractivity contribution in [2.24, 2.45) is 0 Å². The number of fused-ring (bicyclic) bond motifs is 1. The van der Waals surface area contributed by atoms with Crippen LogP contribution in [0.15, 0.2) is 42.1 Å². The van der Waals surface area contributed by atoms with E-state index in [0.717, 1.165) is 18.7 Å². The summed E-state index contributed by atoms with van der Waals surface area (Å²) >= 11 is 0. The zero-order valence-electron chi connectivity index (χ0n) is 15.8. The van der Waals surface area contributed by atoms with Crippen LogP contribution in [-0.2, 0) is 9.59 Å². The predicted molar refractivity (Wildman–Crippen MR) is 110 cm³/mol. The molecule has 1 aliphatic carbocycles. The van der Waals surface area contributed by atoms with Gasteiger partial charge in [0.25, 0.3) is 5.91 Å². The van der Waals surface area contributed by atoms with E-state index in [1.54, 1.807) is 28.9 Å². The normalized spacial score (nSPS) is 17.2. The van der Waals surface area contributed by atoms with Gasteiger partial charge >= 0.3 is 0 Å². The third kappa shape index (κ3) is 3.35. The first-order valence-electron chi connectivity index (χ1n) is 9.57. The number of carbonyl (C=O) groups is 2. The lowest BCUT2D eigenvalue weighted by Crippen LogP contribution is -2.19. The average molecular weight is 399 g/mol. The molecule has 9 heteroatoms. The Morgan fingerprint density at radius 2 is 2.10 bits per heavy atom. The first-order chi connectivity index (χ1) is 14.6. The lowest BCUT2D eigenvalue weighted by molar-refractivity contribution is -0.124. The topological polar surface area (TPSA) is 124 Å². The van der Waals surface area contributed by atoms with Gasteiger partial charge in [0.05, 0.1) is 23.9 Å². The highest BCUT2D eigenvalue weighted by atomic mass is 16.2. The number of hydrogen-bond donors (Lipinski definition) is 3. The van der Waals surface area contributed by atoms with Crippen LogP contribution in [0, 0.1) is 11.3 Å². The van der Waals surface area contributed by atoms with Gasteiger partial charge in [-0.1, -0.05) is 12.1 Å². The van der Waals surface area contributed by atoms with Crippen LogP contribution in [0.4, 0.5) is 17.3 Å². The second-order valence-corrected chi connectivity index (χ2v) is 7.29. The first-order valence-corrected chi connectivity index (χ1v) is 9.57. The number of hydrogen-bond acceptors (Lipinski definition) is 7. The summed E-state index contributed by atoms with van der Waals surface area (Å²) in [6.45, 7) is 0. The molecule has 1 saturated heterocycles. The van der Waals surface area contributed by atoms with Crippen molar-refractivity contribution in [2.75, 3.05) is 10.6 Å². The molecule has 0 unspecified atom stereocenters. The highest BCUT2D eigenvalue weighted by Gasteiger charge is 2.25. The van der Waals surface area contributed by atoms with Crippen LogP contribution >= 0.6 is 0 Å². The Morgan fingerprint density at radius 3 is 2.83 bits per heavy atom. The van der Waals surface area contributed by atoms with Gasteiger partial charge in [0.2, 0.25) is 5.91 Å². The summed E-state index contributed by atoms with van der Waals surface area (Å²) in [7, 11) is 0. The number of nitrogens with zero attached hydrogens (tertiary/aromatic N) is 4. The predicted octanol–water partition coefficient (Wildman–Crippen LogP) is 2.35. The minimum atomic E-state index is -0.395. The molecule has 30 heavy (non-hydrogen) atoms. The van der Waals surface area contributed by atoms with Gasteiger partial charge in [0.1, 0.15) is 17.7 Å². The van der Waals surface area contributed by atoms with E-state index < -0.39 is 5.91 Å². The molecule has 0 bridgehead atoms. The van der Waals surface area contributed by atoms with Gasteiger partial charge in [-0.25, -0.2) is 4.98 Å². The van der Waals surface area contributed by atoms with Crippen molar-refractivity contribution in [1.29, 1.82) is 5.26 Å². The van der Waals surface area contributed by atoms with Crippen molar-refractivity contribution < 1.29 is 9.59 Å². The van der Waals surface area contributed by atoms with E-state index in [2.05, 4.69) is 32.1 Å². The molecule has 0 spiro atoms. The van der Waals surface area contributed by atoms with E-state index in [1.807, 2.05) is 18.2 Å². The van der Waals surface area contributed by atoms with Crippen LogP contribution in [0.2, 0.25) is 0 Å². The monoisotopic (exact) mass is 399 g/mol. The van der Waals surface area contributed by atoms with Gasteiger partial charge in [-0.15, -0.1) is 0 Å². The maximum absolute atomic E-state index is 11.9. The van der Waals surface area contributed by atoms with Crippen LogP contribution in [0.1, 0.15) is 30.4 Å². The zero-order valence-corrected chi connectivity index (χ0v) is 15.8. The molecule has 3 heterocycles. The minimum absolute atomic E-state index is 0.0385. The molecule has 5 rings (SSSR count). The van der Waals surface area contributed by atoms with Gasteiger partial charge in [0, 0.05) is 23.2 Å². The molecule has 1 aromatic carbocycles. The second-order valence-electron chi connectivity index (χ2n) is 7.29. The summed E-state index contributed by atoms with van der Waals surface area (Å²) in [6, 6.07) is 11.6. The van der Waals surface area contributed by atoms with E-state index in [0.29, 0.717) is 39.9 Å². The molecule has 3 aromatic rings. The third-order valence-corrected chi connectivity index (χ3v) is 4.96. The van der Waals surface area contributed by atoms with E-state index in [9.17, 15) is 14.9 Å². The van der Waals surface area contributed by atoms with Crippen molar-refractivity contribution in [3.8, 4) is 6.07 Å². The number of nitriles is 1. The Hall–Kier alpha value is -4.19. The van der Waals surface area contributed by atoms with Crippen LogP contribution in [0.25, 0.3) is 11.7 Å². The fourth-order valence-electron chi connectivity index (χ4n) is 3.32. The quantitative estimate of drug-likeness (QED) is 0.444. The molecule has 148 valence electrons. The van der Waals surface area contributed by atoms with E-state index >= 15 is 0 Å². The van der Waals surface area contributed by atoms with Crippen molar-refractivity contribution in [1.82, 2.24) is 19.9 Å². The standard InChI is InChI=1S/C21H17N7O2/c22-10-12-3-1-2-4-16(12)25-17-9-18(24-15-5-6-15)28-20(26-17)14(11-23-28)7-13-8-19(29)27-21(13)30/h1-4,7,9,11,15,24H,5-6,8H2,(H,25,26)(H,27,29,30)/b13-7+. The number of nitrogens with one attached hydrogen (secondary N) is 3. The smallest absolute Gasteiger partial charge is 0.254 e. The summed E-state index contributed by atoms with van der Waals surface area (Å²) in [6.07, 6.45) is 5.48. The number of benzene rings is 1. The molecule has 2 aliphatic rings. The number of imide groups is 1. The van der Waals surface area contributed by atoms with E-state index in [-0.39, 0.29) is 12.3 Å². The SMILES string of the molecule is N#Cc1ccccc1Nc1cc(NC2CC2)n2ncc(/C=C3\CC(=O)NC3=O)c2n1. The Kier molecular flexibility index (Phi) is 4.17. The summed E-state index contributed by atoms with van der Waals surface area (Å²) in [4.78, 5) is 28.1. The van der Waals surface area contributed by atoms with Gasteiger partial charge < -0.3 is 10.6 Å². The number of rotatable bonds is 5. The van der Waals surface area contributed by atoms with Crippen molar-refractivity contribution in [2.45, 2.75) is 25.3 Å². The van der Waals surface area contributed by atoms with Crippen molar-refractivity contribution >= 4 is 40.9 Å². The van der Waals surface area contributed by atoms with Gasteiger partial charge in [-0.05, 0) is 31.1 Å². The first kappa shape index (κ1) is 17.9. The number of aromatic nitrogens is 3. The van der Waals surface area contributed by atoms with E-state index in [4.69, 9.17) is 0 Å². The molecular weight excluding hydrogens is 382 g/mol. The molecule has 0 atom stereocenters. The van der Waals surface area contributed by atoms with Crippen LogP contribution in [-0.4, -0.2) is 32.5 Å². The Labute approximate surface area is 171 Å². The van der Waals surface area contributed by atoms with Gasteiger partial charge in [-0.2, -0.15) is 14.9 Å². The van der Waals surface area contributed by atoms with Crippen LogP contribution in [0.3, 0.4) is 0 Å². The Balaban J connectivity index is 1.59. The number of carbonyl (C=O) groups excluding carboxylic acids is 2. The van der Waals surface area contributed by atoms with Crippen LogP contribution < -0.4 is 16.0 Å². The molecule has 9 nitrogen and oxygen atoms in total. The molecule has 3 N–H and O–H groups in total. The summed E-state index contributed by atoms with van der Waals surface area (Å²) in [5.41, 5.74) is 2.70. The van der Waals surface area contributed by atoms with Crippen LogP contribution in [0.5, 0.6) is 0 Å². The van der Waals surface area contributed by atoms with Gasteiger partial charge in [0.15, 0.2) is 5.65 Å². The largest absolute Gasteiger partial charge is 0.367 e. The highest BCUT2D eigenvalue weighted by Crippen LogP contribution is 2.29. The molecular formula is C21H17N7O2. The molecule has 1 saturated carbocycles. The fourth-order valence-corrected chi connectivity index (χ4v) is 3.32. The minimum Gasteiger partial charge on any atom is -0.367 e. The van der Waals surface area contributed by atoms with Crippen molar-refractivity contribution in [3.63, 3.8) is 0 Å². The second kappa shape index (κ2) is 7.00. The van der Waals surface area contributed by atoms with Crippen molar-refractivity contribution in [3.05, 3.63) is 53.2 Å². The Morgan fingerprint density at radius 1 is 1.27 bits per heavy atom. The summed E-state index contributed by atoms with van der Waals surface area (Å²) in [5.74, 6) is 0.589. The molecule has 2 amide bonds. The lowest BCUT2D eigenvalue weighted by atomic mass is 10.1. The molecule has 1 aliphatic heterocycles. The molecule has 2 fully saturated rings. The molecule has 0 radical (unpaired) electrons. The molecule has 2 aromatic heterocycles. The maximum Gasteiger partial charge on any atom is 0.254 e. The highest BCUT2D eigenvalue weighted by molar-refractivity contribution is 6.15. The van der Waals surface area contributed by atoms with E-state index in [1.165, 1.54) is 0 Å². The third-order valence-electron chi connectivity index (χ3n) is 4.96. The summed E-state index contributed by atoms with van der Waals surface area (Å²) < 4.78 is 1.68. The zero-order chi connectivity index (χ0) is 20.7. The Bertz CT molecular complexity index is 1260.